The van der Waals surface area contributed by atoms with E-state index in [-0.39, 0.29) is 28.6 Å². The Kier molecular flexibility index (Phi) is 4.35. The lowest BCUT2D eigenvalue weighted by Crippen LogP contribution is -2.43. The summed E-state index contributed by atoms with van der Waals surface area (Å²) in [5, 5.41) is 19.0. The molecule has 0 aromatic carbocycles. The molecule has 0 atom stereocenters. The zero-order valence-corrected chi connectivity index (χ0v) is 15.9. The van der Waals surface area contributed by atoms with E-state index in [0.717, 1.165) is 0 Å². The molecule has 3 rings (SSSR count). The summed E-state index contributed by atoms with van der Waals surface area (Å²) >= 11 is 0. The number of hydrogen-bond acceptors (Lipinski definition) is 5. The van der Waals surface area contributed by atoms with Gasteiger partial charge in [-0.15, -0.1) is 0 Å². The van der Waals surface area contributed by atoms with Gasteiger partial charge in [-0.2, -0.15) is 10.4 Å². The van der Waals surface area contributed by atoms with Crippen LogP contribution in [-0.4, -0.2) is 37.3 Å². The molecule has 0 aliphatic carbocycles. The molecule has 1 amide bonds. The topological polar surface area (TPSA) is 121 Å². The number of amides is 1. The fourth-order valence-corrected chi connectivity index (χ4v) is 3.01. The molecule has 0 saturated heterocycles. The smallest absolute Gasteiger partial charge is 0.276 e. The van der Waals surface area contributed by atoms with E-state index in [1.165, 1.54) is 15.4 Å². The van der Waals surface area contributed by atoms with Crippen LogP contribution in [-0.2, 0) is 10.3 Å². The number of carbonyl (C=O) groups is 1. The third-order valence-electron chi connectivity index (χ3n) is 4.61. The highest BCUT2D eigenvalue weighted by Crippen LogP contribution is 2.27. The highest BCUT2D eigenvalue weighted by molar-refractivity contribution is 5.83. The molecule has 27 heavy (non-hydrogen) atoms. The summed E-state index contributed by atoms with van der Waals surface area (Å²) in [6.07, 6.45) is 4.72. The number of nitrogens with zero attached hydrogens (tertiary/aromatic N) is 5. The van der Waals surface area contributed by atoms with Gasteiger partial charge in [0, 0.05) is 30.6 Å². The molecule has 0 aliphatic heterocycles. The minimum atomic E-state index is -0.907. The van der Waals surface area contributed by atoms with E-state index >= 15 is 0 Å². The van der Waals surface area contributed by atoms with Crippen molar-refractivity contribution in [2.75, 3.05) is 7.05 Å². The summed E-state index contributed by atoms with van der Waals surface area (Å²) in [4.78, 5) is 29.7. The second kappa shape index (κ2) is 6.39. The van der Waals surface area contributed by atoms with Gasteiger partial charge < -0.3 is 5.32 Å². The Morgan fingerprint density at radius 2 is 2.11 bits per heavy atom. The molecule has 0 spiro atoms. The second-order valence-electron chi connectivity index (χ2n) is 7.10. The summed E-state index contributed by atoms with van der Waals surface area (Å²) in [6, 6.07) is 2.03. The highest BCUT2D eigenvalue weighted by Gasteiger charge is 2.30. The maximum Gasteiger partial charge on any atom is 0.276 e. The molecule has 0 bridgehead atoms. The number of H-pyrrole nitrogens is 1. The molecule has 3 aromatic heterocycles. The van der Waals surface area contributed by atoms with Crippen molar-refractivity contribution in [2.24, 2.45) is 0 Å². The minimum Gasteiger partial charge on any atom is -0.357 e. The van der Waals surface area contributed by atoms with Gasteiger partial charge >= 0.3 is 0 Å². The Morgan fingerprint density at radius 1 is 1.41 bits per heavy atom. The van der Waals surface area contributed by atoms with Gasteiger partial charge in [-0.3, -0.25) is 19.4 Å². The van der Waals surface area contributed by atoms with E-state index < -0.39 is 5.54 Å². The Balaban J connectivity index is 2.26. The van der Waals surface area contributed by atoms with E-state index in [4.69, 9.17) is 0 Å². The van der Waals surface area contributed by atoms with Crippen LogP contribution in [0, 0.1) is 11.3 Å². The molecule has 2 N–H and O–H groups in total. The molecular weight excluding hydrogens is 346 g/mol. The number of likely N-dealkylation sites (N-methyl/N-ethyl adjacent to an activating group) is 1. The van der Waals surface area contributed by atoms with Crippen LogP contribution in [0.1, 0.15) is 44.7 Å². The number of carbonyl (C=O) groups excluding carboxylic acids is 1. The Labute approximate surface area is 155 Å². The second-order valence-corrected chi connectivity index (χ2v) is 7.10. The monoisotopic (exact) mass is 367 g/mol. The molecule has 0 radical (unpaired) electrons. The van der Waals surface area contributed by atoms with Gasteiger partial charge in [-0.05, 0) is 19.8 Å². The van der Waals surface area contributed by atoms with E-state index in [1.54, 1.807) is 33.3 Å². The molecule has 0 fully saturated rings. The molecule has 0 unspecified atom stereocenters. The first-order valence-electron chi connectivity index (χ1n) is 8.54. The summed E-state index contributed by atoms with van der Waals surface area (Å²) in [7, 11) is 1.57. The molecule has 9 heteroatoms. The van der Waals surface area contributed by atoms with Crippen LogP contribution in [0.5, 0.6) is 0 Å². The molecular formula is C18H21N7O2. The Bertz CT molecular complexity index is 1120. The lowest BCUT2D eigenvalue weighted by molar-refractivity contribution is -0.128. The average molecular weight is 367 g/mol. The van der Waals surface area contributed by atoms with Crippen LogP contribution in [0.3, 0.4) is 0 Å². The van der Waals surface area contributed by atoms with Crippen molar-refractivity contribution in [3.8, 4) is 17.3 Å². The van der Waals surface area contributed by atoms with Gasteiger partial charge in [0.05, 0.1) is 11.9 Å². The first-order valence-corrected chi connectivity index (χ1v) is 8.54. The van der Waals surface area contributed by atoms with Crippen molar-refractivity contribution in [1.29, 1.82) is 5.26 Å². The van der Waals surface area contributed by atoms with E-state index in [9.17, 15) is 14.9 Å². The van der Waals surface area contributed by atoms with E-state index in [0.29, 0.717) is 16.8 Å². The van der Waals surface area contributed by atoms with Gasteiger partial charge in [0.15, 0.2) is 5.65 Å². The number of nitrogens with one attached hydrogen (secondary N) is 2. The van der Waals surface area contributed by atoms with Crippen molar-refractivity contribution >= 4 is 11.6 Å². The van der Waals surface area contributed by atoms with Crippen LogP contribution < -0.4 is 10.9 Å². The van der Waals surface area contributed by atoms with Crippen molar-refractivity contribution in [1.82, 2.24) is 29.7 Å². The Morgan fingerprint density at radius 3 is 2.70 bits per heavy atom. The standard InChI is InChI=1S/C18H21N7O2/c1-10(2)13-14(23-15-11(6-19)7-22-25(15)16(13)26)12-8-21-24(9-12)18(3,4)17(27)20-5/h7-10,22H,1-5H3,(H,20,27). The normalized spacial score (nSPS) is 11.7. The molecule has 0 saturated carbocycles. The maximum atomic E-state index is 12.9. The number of rotatable bonds is 4. The van der Waals surface area contributed by atoms with Gasteiger partial charge in [0.25, 0.3) is 5.56 Å². The fraction of sp³-hybridized carbons (Fsp3) is 0.389. The highest BCUT2D eigenvalue weighted by atomic mass is 16.2. The summed E-state index contributed by atoms with van der Waals surface area (Å²) in [5.74, 6) is -0.289. The third-order valence-corrected chi connectivity index (χ3v) is 4.61. The van der Waals surface area contributed by atoms with Gasteiger partial charge in [-0.1, -0.05) is 13.8 Å². The lowest BCUT2D eigenvalue weighted by atomic mass is 9.99. The quantitative estimate of drug-likeness (QED) is 0.721. The first-order chi connectivity index (χ1) is 12.7. The summed E-state index contributed by atoms with van der Waals surface area (Å²) in [5.41, 5.74) is 0.962. The number of hydrogen-bond donors (Lipinski definition) is 2. The van der Waals surface area contributed by atoms with Crippen LogP contribution in [0.15, 0.2) is 23.4 Å². The number of nitriles is 1. The molecule has 3 aromatic rings. The molecule has 9 nitrogen and oxygen atoms in total. The van der Waals surface area contributed by atoms with Crippen molar-refractivity contribution in [3.05, 3.63) is 40.1 Å². The lowest BCUT2D eigenvalue weighted by Gasteiger charge is -2.23. The molecule has 0 aliphatic rings. The molecule has 3 heterocycles. The van der Waals surface area contributed by atoms with Crippen LogP contribution in [0.4, 0.5) is 0 Å². The fourth-order valence-electron chi connectivity index (χ4n) is 3.01. The van der Waals surface area contributed by atoms with Crippen LogP contribution in [0.2, 0.25) is 0 Å². The van der Waals surface area contributed by atoms with Crippen molar-refractivity contribution < 1.29 is 4.79 Å². The zero-order valence-electron chi connectivity index (χ0n) is 15.9. The first kappa shape index (κ1) is 18.4. The van der Waals surface area contributed by atoms with Crippen molar-refractivity contribution in [3.63, 3.8) is 0 Å². The third kappa shape index (κ3) is 2.79. The minimum absolute atomic E-state index is 0.0963. The van der Waals surface area contributed by atoms with Gasteiger partial charge in [0.2, 0.25) is 5.91 Å². The Hall–Kier alpha value is -3.41. The predicted molar refractivity (Wildman–Crippen MR) is 99.2 cm³/mol. The average Bonchev–Trinajstić information content (AvgIpc) is 3.27. The van der Waals surface area contributed by atoms with Crippen molar-refractivity contribution in [2.45, 2.75) is 39.2 Å². The van der Waals surface area contributed by atoms with E-state index in [1.807, 2.05) is 19.9 Å². The van der Waals surface area contributed by atoms with Gasteiger partial charge in [-0.25, -0.2) is 9.50 Å². The zero-order chi connectivity index (χ0) is 19.9. The maximum absolute atomic E-state index is 12.9. The summed E-state index contributed by atoms with van der Waals surface area (Å²) < 4.78 is 2.81. The SMILES string of the molecule is CNC(=O)C(C)(C)n1cc(-c2nc3c(C#N)c[nH]n3c(=O)c2C(C)C)cn1. The number of fused-ring (bicyclic) bond motifs is 1. The predicted octanol–water partition coefficient (Wildman–Crippen LogP) is 1.36. The van der Waals surface area contributed by atoms with E-state index in [2.05, 4.69) is 20.5 Å². The van der Waals surface area contributed by atoms with Gasteiger partial charge in [0.1, 0.15) is 17.2 Å². The summed E-state index contributed by atoms with van der Waals surface area (Å²) in [6.45, 7) is 7.30. The number of aromatic nitrogens is 5. The van der Waals surface area contributed by atoms with Crippen LogP contribution in [0.25, 0.3) is 16.9 Å². The molecule has 140 valence electrons. The largest absolute Gasteiger partial charge is 0.357 e. The number of aromatic amines is 1. The van der Waals surface area contributed by atoms with Crippen LogP contribution >= 0.6 is 0 Å².